The molecule has 0 aromatic carbocycles. The van der Waals surface area contributed by atoms with Gasteiger partial charge in [-0.05, 0) is 50.5 Å². The Morgan fingerprint density at radius 2 is 1.52 bits per heavy atom. The summed E-state index contributed by atoms with van der Waals surface area (Å²) in [6.45, 7) is 7.73. The van der Waals surface area contributed by atoms with E-state index in [0.717, 1.165) is 31.1 Å². The summed E-state index contributed by atoms with van der Waals surface area (Å²) in [5, 5.41) is 11.6. The lowest BCUT2D eigenvalue weighted by Crippen LogP contribution is -2.41. The first-order valence-electron chi connectivity index (χ1n) is 11.8. The number of unbranched alkanes of at least 4 members (excludes halogenated alkanes) is 5. The molecule has 0 aliphatic heterocycles. The van der Waals surface area contributed by atoms with Crippen molar-refractivity contribution in [1.82, 2.24) is 5.32 Å². The molecule has 6 heteroatoms. The number of carbonyl (C=O) groups excluding carboxylic acids is 1. The van der Waals surface area contributed by atoms with Gasteiger partial charge in [-0.15, -0.1) is 0 Å². The molecule has 4 N–H and O–H groups in total. The maximum absolute atomic E-state index is 11.9. The minimum atomic E-state index is -1.03. The van der Waals surface area contributed by atoms with Crippen LogP contribution < -0.4 is 11.1 Å². The molecule has 172 valence electrons. The standard InChI is InChI=1S/C23H46N2O4/c1-4-6-8-14-20(19(3)13-7-5-2)15-10-12-18-29-23(28)25-21(22(26)27)16-9-11-17-24/h19-21H,4-18,24H2,1-3H3,(H,25,28)(H,26,27). The van der Waals surface area contributed by atoms with Crippen molar-refractivity contribution < 1.29 is 19.4 Å². The van der Waals surface area contributed by atoms with Crippen LogP contribution in [-0.4, -0.2) is 36.4 Å². The highest BCUT2D eigenvalue weighted by atomic mass is 16.5. The van der Waals surface area contributed by atoms with Crippen LogP contribution in [0.1, 0.15) is 104 Å². The van der Waals surface area contributed by atoms with Crippen molar-refractivity contribution in [2.24, 2.45) is 17.6 Å². The summed E-state index contributed by atoms with van der Waals surface area (Å²) in [4.78, 5) is 23.1. The SMILES string of the molecule is CCCCCC(CCCCOC(=O)NC(CCCCN)C(=O)O)C(C)CCCC. The fraction of sp³-hybridized carbons (Fsp3) is 0.913. The number of amides is 1. The van der Waals surface area contributed by atoms with E-state index in [1.165, 1.54) is 51.4 Å². The van der Waals surface area contributed by atoms with E-state index in [9.17, 15) is 14.7 Å². The zero-order valence-corrected chi connectivity index (χ0v) is 19.1. The van der Waals surface area contributed by atoms with E-state index in [-0.39, 0.29) is 0 Å². The first-order chi connectivity index (χ1) is 14.0. The fourth-order valence-corrected chi connectivity index (χ4v) is 3.74. The Bertz CT molecular complexity index is 418. The van der Waals surface area contributed by atoms with Crippen LogP contribution in [0.2, 0.25) is 0 Å². The van der Waals surface area contributed by atoms with Crippen LogP contribution in [0, 0.1) is 11.8 Å². The smallest absolute Gasteiger partial charge is 0.407 e. The lowest BCUT2D eigenvalue weighted by molar-refractivity contribution is -0.139. The average Bonchev–Trinajstić information content (AvgIpc) is 2.69. The summed E-state index contributed by atoms with van der Waals surface area (Å²) in [6.07, 6.45) is 13.2. The summed E-state index contributed by atoms with van der Waals surface area (Å²) in [5.74, 6) is 0.469. The maximum atomic E-state index is 11.9. The molecular weight excluding hydrogens is 368 g/mol. The fourth-order valence-electron chi connectivity index (χ4n) is 3.74. The minimum absolute atomic E-state index is 0.339. The van der Waals surface area contributed by atoms with Gasteiger partial charge in [0, 0.05) is 0 Å². The normalized spacial score (nSPS) is 14.2. The molecule has 0 aromatic rings. The lowest BCUT2D eigenvalue weighted by Gasteiger charge is -2.24. The van der Waals surface area contributed by atoms with E-state index < -0.39 is 18.1 Å². The third-order valence-electron chi connectivity index (χ3n) is 5.74. The zero-order valence-electron chi connectivity index (χ0n) is 19.1. The Morgan fingerprint density at radius 1 is 0.897 bits per heavy atom. The molecule has 0 aliphatic rings. The van der Waals surface area contributed by atoms with Crippen molar-refractivity contribution in [1.29, 1.82) is 0 Å². The van der Waals surface area contributed by atoms with Gasteiger partial charge in [-0.1, -0.05) is 72.1 Å². The molecule has 0 heterocycles. The first kappa shape index (κ1) is 27.7. The average molecular weight is 415 g/mol. The molecular formula is C23H46N2O4. The Hall–Kier alpha value is -1.30. The highest BCUT2D eigenvalue weighted by Gasteiger charge is 2.20. The molecule has 29 heavy (non-hydrogen) atoms. The molecule has 0 rings (SSSR count). The van der Waals surface area contributed by atoms with Gasteiger partial charge in [0.15, 0.2) is 0 Å². The summed E-state index contributed by atoms with van der Waals surface area (Å²) in [6, 6.07) is -0.906. The van der Waals surface area contributed by atoms with E-state index in [0.29, 0.717) is 26.0 Å². The van der Waals surface area contributed by atoms with E-state index in [1.807, 2.05) is 0 Å². The summed E-state index contributed by atoms with van der Waals surface area (Å²) >= 11 is 0. The minimum Gasteiger partial charge on any atom is -0.480 e. The number of hydrogen-bond donors (Lipinski definition) is 3. The van der Waals surface area contributed by atoms with Crippen molar-refractivity contribution in [3.63, 3.8) is 0 Å². The summed E-state index contributed by atoms with van der Waals surface area (Å²) in [5.41, 5.74) is 5.42. The quantitative estimate of drug-likeness (QED) is 0.243. The Kier molecular flexibility index (Phi) is 17.9. The van der Waals surface area contributed by atoms with Gasteiger partial charge in [0.25, 0.3) is 0 Å². The van der Waals surface area contributed by atoms with Crippen molar-refractivity contribution in [2.75, 3.05) is 13.2 Å². The number of nitrogens with one attached hydrogen (secondary N) is 1. The Labute approximate surface area is 178 Å². The van der Waals surface area contributed by atoms with Crippen LogP contribution in [-0.2, 0) is 9.53 Å². The van der Waals surface area contributed by atoms with Crippen LogP contribution in [0.15, 0.2) is 0 Å². The number of rotatable bonds is 19. The van der Waals surface area contributed by atoms with Crippen LogP contribution >= 0.6 is 0 Å². The Morgan fingerprint density at radius 3 is 2.10 bits per heavy atom. The summed E-state index contributed by atoms with van der Waals surface area (Å²) < 4.78 is 5.20. The van der Waals surface area contributed by atoms with Crippen molar-refractivity contribution >= 4 is 12.1 Å². The molecule has 1 amide bonds. The number of carboxylic acids is 1. The Balaban J connectivity index is 4.15. The molecule has 3 unspecified atom stereocenters. The number of aliphatic carboxylic acids is 1. The monoisotopic (exact) mass is 414 g/mol. The molecule has 0 saturated carbocycles. The lowest BCUT2D eigenvalue weighted by atomic mass is 9.82. The zero-order chi connectivity index (χ0) is 21.9. The highest BCUT2D eigenvalue weighted by Crippen LogP contribution is 2.28. The van der Waals surface area contributed by atoms with Crippen LogP contribution in [0.4, 0.5) is 4.79 Å². The number of hydrogen-bond acceptors (Lipinski definition) is 4. The highest BCUT2D eigenvalue weighted by molar-refractivity contribution is 5.79. The number of alkyl carbamates (subject to hydrolysis) is 1. The molecule has 0 aromatic heterocycles. The third-order valence-corrected chi connectivity index (χ3v) is 5.74. The molecule has 0 saturated heterocycles. The number of carbonyl (C=O) groups is 2. The number of nitrogens with two attached hydrogens (primary N) is 1. The van der Waals surface area contributed by atoms with E-state index in [1.54, 1.807) is 0 Å². The maximum Gasteiger partial charge on any atom is 0.407 e. The molecule has 0 bridgehead atoms. The van der Waals surface area contributed by atoms with E-state index >= 15 is 0 Å². The van der Waals surface area contributed by atoms with Gasteiger partial charge < -0.3 is 20.9 Å². The van der Waals surface area contributed by atoms with E-state index in [2.05, 4.69) is 26.1 Å². The number of ether oxygens (including phenoxy) is 1. The van der Waals surface area contributed by atoms with Gasteiger partial charge in [-0.2, -0.15) is 0 Å². The molecule has 3 atom stereocenters. The summed E-state index contributed by atoms with van der Waals surface area (Å²) in [7, 11) is 0. The molecule has 0 fully saturated rings. The van der Waals surface area contributed by atoms with Crippen molar-refractivity contribution in [2.45, 2.75) is 110 Å². The molecule has 6 nitrogen and oxygen atoms in total. The van der Waals surface area contributed by atoms with Crippen molar-refractivity contribution in [3.8, 4) is 0 Å². The second-order valence-corrected chi connectivity index (χ2v) is 8.33. The first-order valence-corrected chi connectivity index (χ1v) is 11.8. The topological polar surface area (TPSA) is 102 Å². The van der Waals surface area contributed by atoms with Crippen LogP contribution in [0.3, 0.4) is 0 Å². The van der Waals surface area contributed by atoms with Gasteiger partial charge >= 0.3 is 12.1 Å². The predicted octanol–water partition coefficient (Wildman–Crippen LogP) is 5.49. The third kappa shape index (κ3) is 15.2. The van der Waals surface area contributed by atoms with Gasteiger partial charge in [-0.25, -0.2) is 9.59 Å². The van der Waals surface area contributed by atoms with Gasteiger partial charge in [0.2, 0.25) is 0 Å². The second kappa shape index (κ2) is 18.7. The molecule has 0 spiro atoms. The van der Waals surface area contributed by atoms with E-state index in [4.69, 9.17) is 10.5 Å². The van der Waals surface area contributed by atoms with Crippen LogP contribution in [0.5, 0.6) is 0 Å². The van der Waals surface area contributed by atoms with Gasteiger partial charge in [-0.3, -0.25) is 0 Å². The number of carboxylic acid groups (broad SMARTS) is 1. The van der Waals surface area contributed by atoms with Gasteiger partial charge in [0.1, 0.15) is 6.04 Å². The largest absolute Gasteiger partial charge is 0.480 e. The molecule has 0 aliphatic carbocycles. The van der Waals surface area contributed by atoms with Gasteiger partial charge in [0.05, 0.1) is 6.61 Å². The second-order valence-electron chi connectivity index (χ2n) is 8.33. The molecule has 0 radical (unpaired) electrons. The van der Waals surface area contributed by atoms with Crippen molar-refractivity contribution in [3.05, 3.63) is 0 Å². The van der Waals surface area contributed by atoms with Crippen LogP contribution in [0.25, 0.3) is 0 Å². The predicted molar refractivity (Wildman–Crippen MR) is 119 cm³/mol.